The summed E-state index contributed by atoms with van der Waals surface area (Å²) in [6.45, 7) is 1.41. The van der Waals surface area contributed by atoms with E-state index in [1.807, 2.05) is 0 Å². The van der Waals surface area contributed by atoms with E-state index >= 15 is 0 Å². The average molecular weight is 361 g/mol. The number of anilines is 1. The van der Waals surface area contributed by atoms with E-state index in [0.717, 1.165) is 0 Å². The van der Waals surface area contributed by atoms with Crippen LogP contribution in [0.25, 0.3) is 11.1 Å². The van der Waals surface area contributed by atoms with Crippen LogP contribution in [0.3, 0.4) is 0 Å². The maximum Gasteiger partial charge on any atom is 0.262 e. The van der Waals surface area contributed by atoms with Gasteiger partial charge >= 0.3 is 0 Å². The predicted octanol–water partition coefficient (Wildman–Crippen LogP) is 3.15. The maximum absolute atomic E-state index is 12.8. The van der Waals surface area contributed by atoms with E-state index in [1.165, 1.54) is 24.3 Å². The number of benzene rings is 1. The van der Waals surface area contributed by atoms with Crippen molar-refractivity contribution < 1.29 is 13.2 Å². The normalized spacial score (nSPS) is 11.4. The maximum atomic E-state index is 12.8. The highest BCUT2D eigenvalue weighted by Crippen LogP contribution is 2.30. The number of thiophene rings is 1. The van der Waals surface area contributed by atoms with Gasteiger partial charge in [0.05, 0.1) is 21.7 Å². The third-order valence-electron chi connectivity index (χ3n) is 3.42. The molecule has 0 aliphatic carbocycles. The van der Waals surface area contributed by atoms with Gasteiger partial charge < -0.3 is 0 Å². The summed E-state index contributed by atoms with van der Waals surface area (Å²) in [5.41, 5.74) is 1.56. The Morgan fingerprint density at radius 3 is 2.67 bits per heavy atom. The van der Waals surface area contributed by atoms with Crippen LogP contribution in [0.5, 0.6) is 0 Å². The van der Waals surface area contributed by atoms with E-state index in [0.29, 0.717) is 21.7 Å². The number of nitrogens with zero attached hydrogens (tertiary/aromatic N) is 2. The van der Waals surface area contributed by atoms with Crippen LogP contribution >= 0.6 is 11.3 Å². The van der Waals surface area contributed by atoms with Crippen LogP contribution in [0.2, 0.25) is 0 Å². The standard InChI is InChI=1S/C16H15N3O3S2/c1-11(20)16-14(7-8-23-16)18-24(21,22)15-6-4-3-5-13(15)12-9-17-19(2)10-12/h3-10,18H,1-2H3. The van der Waals surface area contributed by atoms with Gasteiger partial charge in [0.25, 0.3) is 10.0 Å². The number of hydrogen-bond donors (Lipinski definition) is 1. The molecule has 0 fully saturated rings. The molecule has 0 radical (unpaired) electrons. The van der Waals surface area contributed by atoms with Crippen molar-refractivity contribution >= 4 is 32.8 Å². The summed E-state index contributed by atoms with van der Waals surface area (Å²) < 4.78 is 29.8. The topological polar surface area (TPSA) is 81.1 Å². The van der Waals surface area contributed by atoms with Gasteiger partial charge in [0.1, 0.15) is 0 Å². The molecular weight excluding hydrogens is 346 g/mol. The van der Waals surface area contributed by atoms with Gasteiger partial charge in [-0.1, -0.05) is 18.2 Å². The van der Waals surface area contributed by atoms with Gasteiger partial charge in [-0.05, 0) is 17.5 Å². The summed E-state index contributed by atoms with van der Waals surface area (Å²) in [6.07, 6.45) is 3.36. The zero-order chi connectivity index (χ0) is 17.3. The molecule has 0 amide bonds. The van der Waals surface area contributed by atoms with Crippen molar-refractivity contribution in [2.45, 2.75) is 11.8 Å². The molecule has 0 aliphatic heterocycles. The minimum Gasteiger partial charge on any atom is -0.294 e. The number of nitrogens with one attached hydrogen (secondary N) is 1. The lowest BCUT2D eigenvalue weighted by atomic mass is 10.1. The minimum absolute atomic E-state index is 0.138. The quantitative estimate of drug-likeness (QED) is 0.708. The molecule has 124 valence electrons. The first kappa shape index (κ1) is 16.4. The highest BCUT2D eigenvalue weighted by Gasteiger charge is 2.22. The molecule has 24 heavy (non-hydrogen) atoms. The summed E-state index contributed by atoms with van der Waals surface area (Å²) >= 11 is 1.21. The summed E-state index contributed by atoms with van der Waals surface area (Å²) in [5.74, 6) is -0.178. The SMILES string of the molecule is CC(=O)c1sccc1NS(=O)(=O)c1ccccc1-c1cnn(C)c1. The Morgan fingerprint density at radius 1 is 1.25 bits per heavy atom. The summed E-state index contributed by atoms with van der Waals surface area (Å²) in [4.78, 5) is 12.1. The Kier molecular flexibility index (Phi) is 4.25. The number of aryl methyl sites for hydroxylation is 1. The second kappa shape index (κ2) is 6.21. The molecule has 1 N–H and O–H groups in total. The van der Waals surface area contributed by atoms with Crippen molar-refractivity contribution in [1.82, 2.24) is 9.78 Å². The molecule has 3 aromatic rings. The zero-order valence-electron chi connectivity index (χ0n) is 13.1. The lowest BCUT2D eigenvalue weighted by Gasteiger charge is -2.11. The van der Waals surface area contributed by atoms with Crippen LogP contribution in [0.1, 0.15) is 16.6 Å². The van der Waals surface area contributed by atoms with Crippen molar-refractivity contribution in [3.05, 3.63) is 53.0 Å². The van der Waals surface area contributed by atoms with Gasteiger partial charge in [0, 0.05) is 31.3 Å². The molecule has 0 saturated carbocycles. The van der Waals surface area contributed by atoms with Gasteiger partial charge in [-0.25, -0.2) is 8.42 Å². The number of ketones is 1. The fraction of sp³-hybridized carbons (Fsp3) is 0.125. The van der Waals surface area contributed by atoms with Crippen molar-refractivity contribution in [2.24, 2.45) is 7.05 Å². The van der Waals surface area contributed by atoms with Crippen LogP contribution in [-0.4, -0.2) is 24.0 Å². The van der Waals surface area contributed by atoms with E-state index in [-0.39, 0.29) is 10.7 Å². The molecule has 2 aromatic heterocycles. The Hall–Kier alpha value is -2.45. The van der Waals surface area contributed by atoms with Gasteiger partial charge in [-0.15, -0.1) is 11.3 Å². The molecule has 8 heteroatoms. The summed E-state index contributed by atoms with van der Waals surface area (Å²) in [7, 11) is -2.07. The van der Waals surface area contributed by atoms with E-state index < -0.39 is 10.0 Å². The number of hydrogen-bond acceptors (Lipinski definition) is 5. The lowest BCUT2D eigenvalue weighted by Crippen LogP contribution is -2.15. The second-order valence-corrected chi connectivity index (χ2v) is 7.79. The fourth-order valence-corrected chi connectivity index (χ4v) is 4.48. The van der Waals surface area contributed by atoms with Crippen molar-refractivity contribution in [3.8, 4) is 11.1 Å². The number of sulfonamides is 1. The first-order valence-corrected chi connectivity index (χ1v) is 9.44. The van der Waals surface area contributed by atoms with Crippen LogP contribution < -0.4 is 4.72 Å². The third-order valence-corrected chi connectivity index (χ3v) is 5.86. The molecule has 0 aliphatic rings. The van der Waals surface area contributed by atoms with Crippen molar-refractivity contribution in [2.75, 3.05) is 4.72 Å². The Labute approximate surface area is 143 Å². The highest BCUT2D eigenvalue weighted by atomic mass is 32.2. The largest absolute Gasteiger partial charge is 0.294 e. The van der Waals surface area contributed by atoms with Gasteiger partial charge in [0.2, 0.25) is 0 Å². The molecular formula is C16H15N3O3S2. The van der Waals surface area contributed by atoms with Gasteiger partial charge in [-0.3, -0.25) is 14.2 Å². The smallest absolute Gasteiger partial charge is 0.262 e. The highest BCUT2D eigenvalue weighted by molar-refractivity contribution is 7.92. The second-order valence-electron chi connectivity index (χ2n) is 5.22. The van der Waals surface area contributed by atoms with E-state index in [1.54, 1.807) is 53.8 Å². The number of carbonyl (C=O) groups excluding carboxylic acids is 1. The first-order valence-electron chi connectivity index (χ1n) is 7.08. The van der Waals surface area contributed by atoms with Gasteiger partial charge in [0.15, 0.2) is 5.78 Å². The molecule has 1 aromatic carbocycles. The van der Waals surface area contributed by atoms with Crippen LogP contribution in [-0.2, 0) is 17.1 Å². The van der Waals surface area contributed by atoms with Gasteiger partial charge in [-0.2, -0.15) is 5.10 Å². The monoisotopic (exact) mass is 361 g/mol. The van der Waals surface area contributed by atoms with Crippen LogP contribution in [0.4, 0.5) is 5.69 Å². The van der Waals surface area contributed by atoms with E-state index in [4.69, 9.17) is 0 Å². The summed E-state index contributed by atoms with van der Waals surface area (Å²) in [6, 6.07) is 8.28. The summed E-state index contributed by atoms with van der Waals surface area (Å²) in [5, 5.41) is 5.77. The zero-order valence-corrected chi connectivity index (χ0v) is 14.7. The molecule has 0 atom stereocenters. The minimum atomic E-state index is -3.84. The number of aromatic nitrogens is 2. The fourth-order valence-electron chi connectivity index (χ4n) is 2.36. The molecule has 6 nitrogen and oxygen atoms in total. The van der Waals surface area contributed by atoms with E-state index in [2.05, 4.69) is 9.82 Å². The Bertz CT molecular complexity index is 1000. The first-order chi connectivity index (χ1) is 11.4. The molecule has 0 unspecified atom stereocenters. The van der Waals surface area contributed by atoms with Crippen LogP contribution in [0, 0.1) is 0 Å². The van der Waals surface area contributed by atoms with Crippen LogP contribution in [0.15, 0.2) is 53.0 Å². The average Bonchev–Trinajstić information content (AvgIpc) is 3.16. The Balaban J connectivity index is 2.05. The molecule has 0 saturated heterocycles. The molecule has 0 spiro atoms. The molecule has 3 rings (SSSR count). The predicted molar refractivity (Wildman–Crippen MR) is 93.8 cm³/mol. The number of rotatable bonds is 5. The lowest BCUT2D eigenvalue weighted by molar-refractivity contribution is 0.102. The number of carbonyl (C=O) groups is 1. The molecule has 2 heterocycles. The molecule has 0 bridgehead atoms. The third kappa shape index (κ3) is 3.10. The van der Waals surface area contributed by atoms with E-state index in [9.17, 15) is 13.2 Å². The number of Topliss-reactive ketones (excluding diaryl/α,β-unsaturated/α-hetero) is 1. The Morgan fingerprint density at radius 2 is 2.00 bits per heavy atom. The van der Waals surface area contributed by atoms with Crippen molar-refractivity contribution in [1.29, 1.82) is 0 Å². The van der Waals surface area contributed by atoms with Crippen molar-refractivity contribution in [3.63, 3.8) is 0 Å².